The third-order valence-corrected chi connectivity index (χ3v) is 4.04. The van der Waals surface area contributed by atoms with Gasteiger partial charge in [0.15, 0.2) is 0 Å². The Bertz CT molecular complexity index is 345. The van der Waals surface area contributed by atoms with Crippen molar-refractivity contribution in [2.75, 3.05) is 0 Å². The van der Waals surface area contributed by atoms with Gasteiger partial charge in [0.1, 0.15) is 0 Å². The van der Waals surface area contributed by atoms with Crippen LogP contribution < -0.4 is 5.73 Å². The van der Waals surface area contributed by atoms with Crippen LogP contribution in [0.1, 0.15) is 36.3 Å². The molecule has 1 aromatic carbocycles. The highest BCUT2D eigenvalue weighted by Gasteiger charge is 2.36. The van der Waals surface area contributed by atoms with E-state index in [-0.39, 0.29) is 0 Å². The quantitative estimate of drug-likeness (QED) is 0.663. The Kier molecular flexibility index (Phi) is 1.88. The highest BCUT2D eigenvalue weighted by Crippen LogP contribution is 2.42. The zero-order valence-electron chi connectivity index (χ0n) is 8.45. The summed E-state index contributed by atoms with van der Waals surface area (Å²) in [7, 11) is 0. The number of rotatable bonds is 0. The monoisotopic (exact) mass is 187 g/mol. The lowest BCUT2D eigenvalue weighted by molar-refractivity contribution is 0.252. The van der Waals surface area contributed by atoms with Crippen molar-refractivity contribution in [3.63, 3.8) is 0 Å². The average Bonchev–Trinajstić information content (AvgIpc) is 2.18. The van der Waals surface area contributed by atoms with Crippen molar-refractivity contribution in [2.45, 2.75) is 37.6 Å². The van der Waals surface area contributed by atoms with Gasteiger partial charge in [-0.3, -0.25) is 0 Å². The Morgan fingerprint density at radius 1 is 1.14 bits per heavy atom. The second-order valence-electron chi connectivity index (χ2n) is 4.78. The summed E-state index contributed by atoms with van der Waals surface area (Å²) in [6.07, 6.45) is 5.23. The van der Waals surface area contributed by atoms with Crippen molar-refractivity contribution < 1.29 is 0 Å². The summed E-state index contributed by atoms with van der Waals surface area (Å²) < 4.78 is 0. The second-order valence-corrected chi connectivity index (χ2v) is 4.78. The lowest BCUT2D eigenvalue weighted by Gasteiger charge is -2.41. The van der Waals surface area contributed by atoms with Gasteiger partial charge in [-0.1, -0.05) is 30.7 Å². The molecule has 14 heavy (non-hydrogen) atoms. The van der Waals surface area contributed by atoms with E-state index in [4.69, 9.17) is 5.73 Å². The fourth-order valence-corrected chi connectivity index (χ4v) is 3.28. The molecule has 1 fully saturated rings. The Balaban J connectivity index is 2.08. The highest BCUT2D eigenvalue weighted by atomic mass is 14.7. The minimum Gasteiger partial charge on any atom is -0.327 e. The molecule has 0 aliphatic heterocycles. The molecule has 2 aliphatic rings. The van der Waals surface area contributed by atoms with E-state index < -0.39 is 0 Å². The SMILES string of the molecule is N[C@@H]1[C@@H]2CCC[C@H]1c1ccccc1C2. The summed E-state index contributed by atoms with van der Waals surface area (Å²) in [5.74, 6) is 1.40. The summed E-state index contributed by atoms with van der Waals surface area (Å²) in [5.41, 5.74) is 9.40. The fraction of sp³-hybridized carbons (Fsp3) is 0.538. The molecule has 0 aromatic heterocycles. The first-order chi connectivity index (χ1) is 6.86. The molecule has 3 atom stereocenters. The molecule has 0 unspecified atom stereocenters. The van der Waals surface area contributed by atoms with Crippen LogP contribution in [0.5, 0.6) is 0 Å². The van der Waals surface area contributed by atoms with Crippen molar-refractivity contribution in [1.29, 1.82) is 0 Å². The summed E-state index contributed by atoms with van der Waals surface area (Å²) in [5, 5.41) is 0. The maximum atomic E-state index is 6.30. The normalized spacial score (nSPS) is 35.1. The molecule has 1 nitrogen and oxygen atoms in total. The van der Waals surface area contributed by atoms with E-state index >= 15 is 0 Å². The predicted octanol–water partition coefficient (Wildman–Crippen LogP) is 2.45. The maximum absolute atomic E-state index is 6.30. The second kappa shape index (κ2) is 3.09. The van der Waals surface area contributed by atoms with Crippen LogP contribution in [-0.2, 0) is 6.42 Å². The van der Waals surface area contributed by atoms with Crippen LogP contribution in [-0.4, -0.2) is 6.04 Å². The van der Waals surface area contributed by atoms with E-state index in [1.165, 1.54) is 31.2 Å². The molecule has 0 saturated heterocycles. The maximum Gasteiger partial charge on any atom is 0.0140 e. The molecule has 74 valence electrons. The Morgan fingerprint density at radius 2 is 2.00 bits per heavy atom. The topological polar surface area (TPSA) is 26.0 Å². The summed E-state index contributed by atoms with van der Waals surface area (Å²) in [6, 6.07) is 9.30. The van der Waals surface area contributed by atoms with Crippen molar-refractivity contribution in [1.82, 2.24) is 0 Å². The molecular formula is C13H17N. The molecule has 1 saturated carbocycles. The van der Waals surface area contributed by atoms with Crippen LogP contribution in [0.2, 0.25) is 0 Å². The molecule has 1 aromatic rings. The molecule has 2 N–H and O–H groups in total. The minimum absolute atomic E-state index is 0.429. The zero-order valence-corrected chi connectivity index (χ0v) is 8.45. The first-order valence-electron chi connectivity index (χ1n) is 5.69. The molecule has 0 spiro atoms. The van der Waals surface area contributed by atoms with Gasteiger partial charge in [-0.2, -0.15) is 0 Å². The average molecular weight is 187 g/mol. The molecule has 0 amide bonds. The highest BCUT2D eigenvalue weighted by molar-refractivity contribution is 5.35. The minimum atomic E-state index is 0.429. The van der Waals surface area contributed by atoms with E-state index in [9.17, 15) is 0 Å². The van der Waals surface area contributed by atoms with Gasteiger partial charge in [0.05, 0.1) is 0 Å². The molecule has 2 bridgehead atoms. The predicted molar refractivity (Wildman–Crippen MR) is 58.2 cm³/mol. The zero-order chi connectivity index (χ0) is 9.54. The standard InChI is InChI=1S/C13H17N/c14-13-10-5-3-7-12(13)11-6-2-1-4-9(11)8-10/h1-2,4,6,10,12-13H,3,5,7-8,14H2/t10-,12+,13-/m1/s1. The van der Waals surface area contributed by atoms with Crippen LogP contribution in [0, 0.1) is 5.92 Å². The number of nitrogens with two attached hydrogens (primary N) is 1. The molecule has 1 heteroatoms. The first kappa shape index (κ1) is 8.49. The smallest absolute Gasteiger partial charge is 0.0140 e. The number of benzene rings is 1. The summed E-state index contributed by atoms with van der Waals surface area (Å²) >= 11 is 0. The molecule has 3 rings (SSSR count). The fourth-order valence-electron chi connectivity index (χ4n) is 3.28. The third-order valence-electron chi connectivity index (χ3n) is 4.04. The van der Waals surface area contributed by atoms with Crippen LogP contribution in [0.3, 0.4) is 0 Å². The molecule has 2 aliphatic carbocycles. The van der Waals surface area contributed by atoms with E-state index in [0.29, 0.717) is 12.0 Å². The first-order valence-corrected chi connectivity index (χ1v) is 5.69. The number of hydrogen-bond acceptors (Lipinski definition) is 1. The Labute approximate surface area is 85.3 Å². The molecular weight excluding hydrogens is 170 g/mol. The van der Waals surface area contributed by atoms with Crippen LogP contribution in [0.4, 0.5) is 0 Å². The van der Waals surface area contributed by atoms with Crippen molar-refractivity contribution in [2.24, 2.45) is 11.7 Å². The van der Waals surface area contributed by atoms with Crippen LogP contribution in [0.15, 0.2) is 24.3 Å². The third kappa shape index (κ3) is 1.12. The summed E-state index contributed by atoms with van der Waals surface area (Å²) in [4.78, 5) is 0. The van der Waals surface area contributed by atoms with Crippen molar-refractivity contribution in [3.05, 3.63) is 35.4 Å². The van der Waals surface area contributed by atoms with Gasteiger partial charge in [0, 0.05) is 6.04 Å². The van der Waals surface area contributed by atoms with E-state index in [0.717, 1.165) is 5.92 Å². The van der Waals surface area contributed by atoms with Crippen molar-refractivity contribution in [3.8, 4) is 0 Å². The van der Waals surface area contributed by atoms with Crippen molar-refractivity contribution >= 4 is 0 Å². The Hall–Kier alpha value is -0.820. The van der Waals surface area contributed by atoms with Gasteiger partial charge in [-0.25, -0.2) is 0 Å². The van der Waals surface area contributed by atoms with E-state index in [1.807, 2.05) is 0 Å². The largest absolute Gasteiger partial charge is 0.327 e. The van der Waals surface area contributed by atoms with Gasteiger partial charge in [0.25, 0.3) is 0 Å². The number of fused-ring (bicyclic) bond motifs is 4. The summed E-state index contributed by atoms with van der Waals surface area (Å²) in [6.45, 7) is 0. The number of hydrogen-bond donors (Lipinski definition) is 1. The lowest BCUT2D eigenvalue weighted by Crippen LogP contribution is -2.43. The van der Waals surface area contributed by atoms with Crippen LogP contribution >= 0.6 is 0 Å². The van der Waals surface area contributed by atoms with Gasteiger partial charge in [0.2, 0.25) is 0 Å². The van der Waals surface area contributed by atoms with Gasteiger partial charge in [-0.05, 0) is 42.2 Å². The van der Waals surface area contributed by atoms with Gasteiger partial charge >= 0.3 is 0 Å². The van der Waals surface area contributed by atoms with E-state index in [2.05, 4.69) is 24.3 Å². The molecule has 0 heterocycles. The van der Waals surface area contributed by atoms with Gasteiger partial charge in [-0.15, -0.1) is 0 Å². The van der Waals surface area contributed by atoms with E-state index in [1.54, 1.807) is 5.56 Å². The molecule has 0 radical (unpaired) electrons. The lowest BCUT2D eigenvalue weighted by atomic mass is 9.66. The Morgan fingerprint density at radius 3 is 2.93 bits per heavy atom. The van der Waals surface area contributed by atoms with Gasteiger partial charge < -0.3 is 5.73 Å². The van der Waals surface area contributed by atoms with Crippen LogP contribution in [0.25, 0.3) is 0 Å².